The summed E-state index contributed by atoms with van der Waals surface area (Å²) >= 11 is 0. The number of amides is 2. The van der Waals surface area contributed by atoms with E-state index >= 15 is 0 Å². The van der Waals surface area contributed by atoms with E-state index in [2.05, 4.69) is 30.9 Å². The van der Waals surface area contributed by atoms with Gasteiger partial charge in [-0.15, -0.1) is 0 Å². The Balaban J connectivity index is 1.25. The minimum atomic E-state index is -1.07. The van der Waals surface area contributed by atoms with Crippen LogP contribution in [0.2, 0.25) is 0 Å². The van der Waals surface area contributed by atoms with Gasteiger partial charge in [-0.1, -0.05) is 12.1 Å². The smallest absolute Gasteiger partial charge is 0.315 e. The van der Waals surface area contributed by atoms with Crippen molar-refractivity contribution in [3.63, 3.8) is 0 Å². The molecule has 11 heteroatoms. The van der Waals surface area contributed by atoms with Crippen LogP contribution in [0.15, 0.2) is 90.9 Å². The number of ether oxygens (including phenoxy) is 1. The largest absolute Gasteiger partial charge is 0.468 e. The summed E-state index contributed by atoms with van der Waals surface area (Å²) in [6.07, 6.45) is 6.77. The molecule has 4 aromatic rings. The minimum Gasteiger partial charge on any atom is -0.468 e. The quantitative estimate of drug-likeness (QED) is 0.184. The first-order valence-electron chi connectivity index (χ1n) is 13.8. The molecule has 2 heterocycles. The number of rotatable bonds is 8. The fourth-order valence-corrected chi connectivity index (χ4v) is 4.80. The van der Waals surface area contributed by atoms with Gasteiger partial charge in [0.15, 0.2) is 5.78 Å². The second-order valence-corrected chi connectivity index (χ2v) is 10.5. The molecular formula is C33H30N6O5. The number of anilines is 4. The highest BCUT2D eigenvalue weighted by Crippen LogP contribution is 2.34. The lowest BCUT2D eigenvalue weighted by atomic mass is 9.77. The highest BCUT2D eigenvalue weighted by atomic mass is 16.5. The number of aryl methyl sites for hydroxylation is 1. The molecule has 0 bridgehead atoms. The average Bonchev–Trinajstić information content (AvgIpc) is 3.04. The number of pyridine rings is 1. The monoisotopic (exact) mass is 590 g/mol. The van der Waals surface area contributed by atoms with Crippen LogP contribution >= 0.6 is 0 Å². The van der Waals surface area contributed by atoms with Crippen LogP contribution in [0.3, 0.4) is 0 Å². The minimum absolute atomic E-state index is 0.0475. The zero-order valence-corrected chi connectivity index (χ0v) is 24.4. The van der Waals surface area contributed by atoms with Crippen LogP contribution in [0, 0.1) is 12.3 Å². The molecule has 0 fully saturated rings. The zero-order chi connectivity index (χ0) is 31.3. The summed E-state index contributed by atoms with van der Waals surface area (Å²) in [4.78, 5) is 63.7. The van der Waals surface area contributed by atoms with Crippen LogP contribution in [0.4, 0.5) is 23.0 Å². The third kappa shape index (κ3) is 6.67. The van der Waals surface area contributed by atoms with E-state index < -0.39 is 17.3 Å². The molecule has 1 atom stereocenters. The Hall–Kier alpha value is -5.71. The molecule has 0 spiro atoms. The number of carbonyl (C=O) groups is 4. The molecule has 1 aliphatic carbocycles. The Morgan fingerprint density at radius 3 is 2.48 bits per heavy atom. The fourth-order valence-electron chi connectivity index (χ4n) is 4.80. The van der Waals surface area contributed by atoms with Gasteiger partial charge in [-0.25, -0.2) is 9.97 Å². The number of carbonyl (C=O) groups excluding carboxylic acids is 4. The third-order valence-corrected chi connectivity index (χ3v) is 7.26. The number of hydrogen-bond acceptors (Lipinski definition) is 9. The Labute approximate surface area is 253 Å². The molecular weight excluding hydrogens is 560 g/mol. The van der Waals surface area contributed by atoms with Crippen molar-refractivity contribution in [3.8, 4) is 11.3 Å². The van der Waals surface area contributed by atoms with Crippen LogP contribution in [0.5, 0.6) is 0 Å². The van der Waals surface area contributed by atoms with E-state index in [0.29, 0.717) is 22.9 Å². The molecule has 44 heavy (non-hydrogen) atoms. The molecule has 0 aliphatic heterocycles. The summed E-state index contributed by atoms with van der Waals surface area (Å²) in [6, 6.07) is 17.3. The van der Waals surface area contributed by atoms with Gasteiger partial charge in [0.05, 0.1) is 23.8 Å². The van der Waals surface area contributed by atoms with Gasteiger partial charge in [0.1, 0.15) is 0 Å². The van der Waals surface area contributed by atoms with Gasteiger partial charge in [-0.05, 0) is 80.4 Å². The topological polar surface area (TPSA) is 152 Å². The summed E-state index contributed by atoms with van der Waals surface area (Å²) in [5, 5.41) is 8.75. The van der Waals surface area contributed by atoms with Crippen molar-refractivity contribution in [2.45, 2.75) is 26.7 Å². The van der Waals surface area contributed by atoms with E-state index in [0.717, 1.165) is 22.5 Å². The van der Waals surface area contributed by atoms with E-state index in [1.165, 1.54) is 19.3 Å². The molecule has 11 nitrogen and oxygen atoms in total. The molecule has 2 aromatic carbocycles. The van der Waals surface area contributed by atoms with Crippen LogP contribution in [-0.4, -0.2) is 45.6 Å². The number of aromatic nitrogens is 3. The Bertz CT molecular complexity index is 1790. The van der Waals surface area contributed by atoms with E-state index in [9.17, 15) is 19.2 Å². The first kappa shape index (κ1) is 29.8. The van der Waals surface area contributed by atoms with Gasteiger partial charge < -0.3 is 20.7 Å². The predicted molar refractivity (Wildman–Crippen MR) is 165 cm³/mol. The molecule has 0 saturated carbocycles. The molecule has 222 valence electrons. The Kier molecular flexibility index (Phi) is 8.56. The van der Waals surface area contributed by atoms with Crippen LogP contribution in [-0.2, 0) is 19.1 Å². The third-order valence-electron chi connectivity index (χ3n) is 7.26. The number of hydrogen-bond donors (Lipinski definition) is 3. The second-order valence-electron chi connectivity index (χ2n) is 10.5. The van der Waals surface area contributed by atoms with Crippen molar-refractivity contribution in [3.05, 3.63) is 102 Å². The number of esters is 1. The van der Waals surface area contributed by atoms with Gasteiger partial charge in [0, 0.05) is 53.2 Å². The highest BCUT2D eigenvalue weighted by molar-refractivity contribution is 6.24. The molecule has 0 saturated heterocycles. The Morgan fingerprint density at radius 1 is 0.932 bits per heavy atom. The molecule has 1 aliphatic rings. The maximum absolute atomic E-state index is 13.1. The maximum atomic E-state index is 13.1. The number of benzene rings is 2. The summed E-state index contributed by atoms with van der Waals surface area (Å²) in [5.41, 5.74) is 3.23. The zero-order valence-electron chi connectivity index (χ0n) is 24.4. The standard InChI is InChI=1S/C33H30N6O5/c1-20-16-24(9-10-26(20)38-32-35-15-12-27(39-32)22-7-5-14-34-19-22)36-29(41)21-6-4-8-23(17-21)37-30(42)25-18-33(2,31(43)44-3)13-11-28(25)40/h4-10,12,14-19H,11,13H2,1-3H3,(H,36,41)(H,37,42)(H,35,38,39)/t33-/m1/s1. The molecule has 0 unspecified atom stereocenters. The van der Waals surface area contributed by atoms with Crippen molar-refractivity contribution in [1.82, 2.24) is 15.0 Å². The van der Waals surface area contributed by atoms with Crippen molar-refractivity contribution in [1.29, 1.82) is 0 Å². The van der Waals surface area contributed by atoms with Crippen molar-refractivity contribution < 1.29 is 23.9 Å². The number of nitrogens with one attached hydrogen (secondary N) is 3. The normalized spacial score (nSPS) is 16.0. The lowest BCUT2D eigenvalue weighted by Gasteiger charge is -2.27. The SMILES string of the molecule is COC(=O)[C@@]1(C)C=C(C(=O)Nc2cccc(C(=O)Nc3ccc(Nc4nccc(-c5cccnc5)n4)c(C)c3)c2)C(=O)CC1. The maximum Gasteiger partial charge on any atom is 0.315 e. The van der Waals surface area contributed by atoms with Crippen molar-refractivity contribution in [2.24, 2.45) is 5.41 Å². The van der Waals surface area contributed by atoms with Gasteiger partial charge in [-0.3, -0.25) is 24.2 Å². The lowest BCUT2D eigenvalue weighted by Crippen LogP contribution is -2.35. The lowest BCUT2D eigenvalue weighted by molar-refractivity contribution is -0.149. The fraction of sp³-hybridized carbons (Fsp3) is 0.182. The van der Waals surface area contributed by atoms with Gasteiger partial charge in [0.2, 0.25) is 5.95 Å². The van der Waals surface area contributed by atoms with Gasteiger partial charge in [0.25, 0.3) is 11.8 Å². The van der Waals surface area contributed by atoms with E-state index in [1.54, 1.807) is 49.8 Å². The van der Waals surface area contributed by atoms with Crippen molar-refractivity contribution >= 4 is 46.6 Å². The summed E-state index contributed by atoms with van der Waals surface area (Å²) < 4.78 is 4.84. The van der Waals surface area contributed by atoms with Crippen molar-refractivity contribution in [2.75, 3.05) is 23.1 Å². The van der Waals surface area contributed by atoms with E-state index in [4.69, 9.17) is 4.74 Å². The first-order chi connectivity index (χ1) is 21.1. The number of ketones is 1. The van der Waals surface area contributed by atoms with Gasteiger partial charge in [-0.2, -0.15) is 0 Å². The summed E-state index contributed by atoms with van der Waals surface area (Å²) in [7, 11) is 1.26. The molecule has 0 radical (unpaired) electrons. The number of Topliss-reactive ketones (excluding diaryl/α,β-unsaturated/α-hetero) is 1. The molecule has 2 aromatic heterocycles. The number of methoxy groups -OCH3 is 1. The average molecular weight is 591 g/mol. The first-order valence-corrected chi connectivity index (χ1v) is 13.8. The summed E-state index contributed by atoms with van der Waals surface area (Å²) in [6.45, 7) is 3.52. The number of nitrogens with zero attached hydrogens (tertiary/aromatic N) is 3. The highest BCUT2D eigenvalue weighted by Gasteiger charge is 2.39. The Morgan fingerprint density at radius 2 is 1.73 bits per heavy atom. The van der Waals surface area contributed by atoms with Crippen LogP contribution in [0.25, 0.3) is 11.3 Å². The predicted octanol–water partition coefficient (Wildman–Crippen LogP) is 5.25. The molecule has 5 rings (SSSR count). The molecule has 3 N–H and O–H groups in total. The second kappa shape index (κ2) is 12.7. The van der Waals surface area contributed by atoms with Crippen LogP contribution < -0.4 is 16.0 Å². The van der Waals surface area contributed by atoms with Crippen LogP contribution in [0.1, 0.15) is 35.7 Å². The van der Waals surface area contributed by atoms with E-state index in [-0.39, 0.29) is 30.1 Å². The molecule has 2 amide bonds. The summed E-state index contributed by atoms with van der Waals surface area (Å²) in [5.74, 6) is -1.50. The van der Waals surface area contributed by atoms with Gasteiger partial charge >= 0.3 is 5.97 Å². The van der Waals surface area contributed by atoms with E-state index in [1.807, 2.05) is 37.3 Å².